The molecule has 2 unspecified atom stereocenters. The fourth-order valence-corrected chi connectivity index (χ4v) is 3.22. The van der Waals surface area contributed by atoms with Gasteiger partial charge in [-0.1, -0.05) is 12.8 Å². The van der Waals surface area contributed by atoms with E-state index in [0.29, 0.717) is 11.8 Å². The number of nitrogens with zero attached hydrogens (tertiary/aromatic N) is 1. The Labute approximate surface area is 112 Å². The first-order chi connectivity index (χ1) is 8.58. The molecule has 0 aromatic rings. The monoisotopic (exact) mass is 274 g/mol. The zero-order valence-electron chi connectivity index (χ0n) is 11.0. The fraction of sp³-hybridized carbons (Fsp3) is 0.833. The Balaban J connectivity index is 2.52. The van der Waals surface area contributed by atoms with E-state index in [0.717, 1.165) is 19.3 Å². The van der Waals surface area contributed by atoms with Gasteiger partial charge < -0.3 is 15.3 Å². The van der Waals surface area contributed by atoms with Gasteiger partial charge in [0, 0.05) is 17.8 Å². The molecule has 1 fully saturated rings. The molecule has 104 valence electrons. The molecule has 1 rings (SSSR count). The van der Waals surface area contributed by atoms with Gasteiger partial charge in [0.05, 0.1) is 0 Å². The van der Waals surface area contributed by atoms with E-state index in [1.807, 2.05) is 0 Å². The predicted octanol–water partition coefficient (Wildman–Crippen LogP) is 1.78. The molecule has 0 bridgehead atoms. The third kappa shape index (κ3) is 4.40. The lowest BCUT2D eigenvalue weighted by Crippen LogP contribution is -2.50. The Bertz CT molecular complexity index is 299. The molecule has 0 aromatic carbocycles. The lowest BCUT2D eigenvalue weighted by molar-refractivity contribution is -0.137. The summed E-state index contributed by atoms with van der Waals surface area (Å²) >= 11 is 1.78. The number of carboxylic acid groups (broad SMARTS) is 1. The van der Waals surface area contributed by atoms with Crippen LogP contribution in [0.3, 0.4) is 0 Å². The van der Waals surface area contributed by atoms with E-state index >= 15 is 0 Å². The molecule has 18 heavy (non-hydrogen) atoms. The molecule has 6 heteroatoms. The molecular weight excluding hydrogens is 252 g/mol. The molecule has 1 aliphatic rings. The van der Waals surface area contributed by atoms with Crippen LogP contribution in [-0.4, -0.2) is 52.6 Å². The average molecular weight is 274 g/mol. The van der Waals surface area contributed by atoms with Crippen molar-refractivity contribution in [2.24, 2.45) is 0 Å². The summed E-state index contributed by atoms with van der Waals surface area (Å²) in [7, 11) is 0. The number of rotatable bonds is 5. The number of urea groups is 1. The number of hydrogen-bond donors (Lipinski definition) is 2. The van der Waals surface area contributed by atoms with Crippen LogP contribution in [0.1, 0.15) is 32.6 Å². The summed E-state index contributed by atoms with van der Waals surface area (Å²) in [6, 6.07) is -0.0880. The number of carboxylic acids is 1. The van der Waals surface area contributed by atoms with E-state index in [1.54, 1.807) is 18.7 Å². The molecular formula is C12H22N2O3S. The van der Waals surface area contributed by atoms with Crippen molar-refractivity contribution in [3.63, 3.8) is 0 Å². The van der Waals surface area contributed by atoms with Crippen LogP contribution in [0.2, 0.25) is 0 Å². The summed E-state index contributed by atoms with van der Waals surface area (Å²) in [5.74, 6) is -0.975. The van der Waals surface area contributed by atoms with Crippen LogP contribution < -0.4 is 5.32 Å². The molecule has 2 N–H and O–H groups in total. The number of thioether (sulfide) groups is 1. The highest BCUT2D eigenvalue weighted by Crippen LogP contribution is 2.27. The third-order valence-corrected chi connectivity index (χ3v) is 4.48. The summed E-state index contributed by atoms with van der Waals surface area (Å²) in [4.78, 5) is 24.0. The number of carbonyl (C=O) groups is 2. The van der Waals surface area contributed by atoms with E-state index in [1.165, 1.54) is 11.3 Å². The van der Waals surface area contributed by atoms with Crippen molar-refractivity contribution in [1.82, 2.24) is 10.2 Å². The Morgan fingerprint density at radius 1 is 1.39 bits per heavy atom. The highest BCUT2D eigenvalue weighted by atomic mass is 32.2. The molecule has 2 amide bonds. The number of likely N-dealkylation sites (N-methyl/N-ethyl adjacent to an activating group) is 1. The van der Waals surface area contributed by atoms with E-state index in [4.69, 9.17) is 5.11 Å². The topological polar surface area (TPSA) is 69.6 Å². The van der Waals surface area contributed by atoms with Gasteiger partial charge in [0.2, 0.25) is 0 Å². The van der Waals surface area contributed by atoms with Crippen LogP contribution in [0, 0.1) is 0 Å². The summed E-state index contributed by atoms with van der Waals surface area (Å²) in [6.07, 6.45) is 6.51. The number of amides is 2. The van der Waals surface area contributed by atoms with Crippen molar-refractivity contribution in [2.75, 3.05) is 19.3 Å². The summed E-state index contributed by atoms with van der Waals surface area (Å²) < 4.78 is 0. The fourth-order valence-electron chi connectivity index (χ4n) is 2.28. The van der Waals surface area contributed by atoms with Crippen molar-refractivity contribution in [2.45, 2.75) is 43.9 Å². The van der Waals surface area contributed by atoms with Crippen LogP contribution in [0.4, 0.5) is 4.79 Å². The second kappa shape index (κ2) is 7.51. The average Bonchev–Trinajstić information content (AvgIpc) is 2.36. The number of aliphatic carboxylic acids is 1. The zero-order valence-corrected chi connectivity index (χ0v) is 11.8. The van der Waals surface area contributed by atoms with Crippen molar-refractivity contribution in [3.8, 4) is 0 Å². The van der Waals surface area contributed by atoms with Gasteiger partial charge in [-0.3, -0.25) is 4.79 Å². The maximum atomic E-state index is 12.0. The summed E-state index contributed by atoms with van der Waals surface area (Å²) in [5, 5.41) is 12.2. The first kappa shape index (κ1) is 15.1. The number of carbonyl (C=O) groups excluding carboxylic acids is 1. The molecule has 0 heterocycles. The minimum absolute atomic E-state index is 0.170. The molecule has 0 aromatic heterocycles. The maximum absolute atomic E-state index is 12.0. The van der Waals surface area contributed by atoms with Gasteiger partial charge in [0.1, 0.15) is 6.54 Å². The normalized spacial score (nSPS) is 23.4. The highest BCUT2D eigenvalue weighted by molar-refractivity contribution is 7.99. The van der Waals surface area contributed by atoms with Crippen molar-refractivity contribution in [3.05, 3.63) is 0 Å². The van der Waals surface area contributed by atoms with Gasteiger partial charge in [-0.15, -0.1) is 0 Å². The van der Waals surface area contributed by atoms with Crippen LogP contribution in [0.25, 0.3) is 0 Å². The molecule has 0 aliphatic heterocycles. The summed E-state index contributed by atoms with van der Waals surface area (Å²) in [6.45, 7) is 1.96. The molecule has 0 radical (unpaired) electrons. The van der Waals surface area contributed by atoms with Gasteiger partial charge in [-0.05, 0) is 26.0 Å². The third-order valence-electron chi connectivity index (χ3n) is 3.31. The van der Waals surface area contributed by atoms with E-state index in [2.05, 4.69) is 11.6 Å². The first-order valence-corrected chi connectivity index (χ1v) is 7.67. The van der Waals surface area contributed by atoms with Gasteiger partial charge in [-0.2, -0.15) is 11.8 Å². The second-order valence-electron chi connectivity index (χ2n) is 4.52. The minimum Gasteiger partial charge on any atom is -0.480 e. The van der Waals surface area contributed by atoms with Crippen molar-refractivity contribution < 1.29 is 14.7 Å². The maximum Gasteiger partial charge on any atom is 0.323 e. The molecule has 5 nitrogen and oxygen atoms in total. The SMILES string of the molecule is CCN(CC(=O)O)C(=O)NC1CCCCC1SC. The molecule has 0 saturated heterocycles. The standard InChI is InChI=1S/C12H22N2O3S/c1-3-14(8-11(15)16)12(17)13-9-6-4-5-7-10(9)18-2/h9-10H,3-8H2,1-2H3,(H,13,17)(H,15,16). The van der Waals surface area contributed by atoms with Crippen LogP contribution in [0.5, 0.6) is 0 Å². The minimum atomic E-state index is -0.975. The van der Waals surface area contributed by atoms with Gasteiger partial charge in [0.15, 0.2) is 0 Å². The Morgan fingerprint density at radius 2 is 2.06 bits per heavy atom. The highest BCUT2D eigenvalue weighted by Gasteiger charge is 2.27. The number of nitrogens with one attached hydrogen (secondary N) is 1. The Hall–Kier alpha value is -0.910. The summed E-state index contributed by atoms with van der Waals surface area (Å²) in [5.41, 5.74) is 0. The Morgan fingerprint density at radius 3 is 2.61 bits per heavy atom. The van der Waals surface area contributed by atoms with Crippen LogP contribution in [0.15, 0.2) is 0 Å². The van der Waals surface area contributed by atoms with Gasteiger partial charge in [0.25, 0.3) is 0 Å². The van der Waals surface area contributed by atoms with Crippen LogP contribution >= 0.6 is 11.8 Å². The molecule has 1 aliphatic carbocycles. The lowest BCUT2D eigenvalue weighted by Gasteiger charge is -2.32. The lowest BCUT2D eigenvalue weighted by atomic mass is 9.95. The van der Waals surface area contributed by atoms with E-state index < -0.39 is 5.97 Å². The van der Waals surface area contributed by atoms with Gasteiger partial charge in [-0.25, -0.2) is 4.79 Å². The first-order valence-electron chi connectivity index (χ1n) is 6.38. The quantitative estimate of drug-likeness (QED) is 0.801. The zero-order chi connectivity index (χ0) is 13.5. The number of hydrogen-bond acceptors (Lipinski definition) is 3. The van der Waals surface area contributed by atoms with Gasteiger partial charge >= 0.3 is 12.0 Å². The second-order valence-corrected chi connectivity index (χ2v) is 5.60. The molecule has 2 atom stereocenters. The predicted molar refractivity (Wildman–Crippen MR) is 73.0 cm³/mol. The largest absolute Gasteiger partial charge is 0.480 e. The van der Waals surface area contributed by atoms with E-state index in [-0.39, 0.29) is 18.6 Å². The van der Waals surface area contributed by atoms with Crippen molar-refractivity contribution in [1.29, 1.82) is 0 Å². The van der Waals surface area contributed by atoms with Crippen LogP contribution in [-0.2, 0) is 4.79 Å². The van der Waals surface area contributed by atoms with Crippen molar-refractivity contribution >= 4 is 23.8 Å². The van der Waals surface area contributed by atoms with E-state index in [9.17, 15) is 9.59 Å². The smallest absolute Gasteiger partial charge is 0.323 e. The molecule has 1 saturated carbocycles. The Kier molecular flexibility index (Phi) is 6.32. The molecule has 0 spiro atoms.